The molecule has 3 heterocycles. The number of anilines is 1. The first-order chi connectivity index (χ1) is 13.9. The molecule has 0 unspecified atom stereocenters. The maximum atomic E-state index is 13.1. The van der Waals surface area contributed by atoms with Gasteiger partial charge in [-0.15, -0.1) is 0 Å². The van der Waals surface area contributed by atoms with Crippen LogP contribution in [0.25, 0.3) is 0 Å². The molecule has 0 bridgehead atoms. The zero-order valence-electron chi connectivity index (χ0n) is 17.1. The van der Waals surface area contributed by atoms with Crippen LogP contribution in [-0.4, -0.2) is 77.8 Å². The second kappa shape index (κ2) is 9.55. The van der Waals surface area contributed by atoms with Crippen molar-refractivity contribution in [2.75, 3.05) is 31.6 Å². The van der Waals surface area contributed by atoms with Crippen LogP contribution in [0.4, 0.5) is 10.5 Å². The van der Waals surface area contributed by atoms with Gasteiger partial charge in [-0.25, -0.2) is 4.79 Å². The Bertz CT molecular complexity index is 704. The van der Waals surface area contributed by atoms with E-state index in [0.717, 1.165) is 0 Å². The number of carbonyl (C=O) groups is 2. The van der Waals surface area contributed by atoms with Gasteiger partial charge >= 0.3 is 6.03 Å². The Morgan fingerprint density at radius 2 is 2.07 bits per heavy atom. The molecule has 0 saturated carbocycles. The molecular formula is C19H30N4O6. The lowest BCUT2D eigenvalue weighted by Gasteiger charge is -2.44. The zero-order chi connectivity index (χ0) is 21.0. The van der Waals surface area contributed by atoms with Crippen LogP contribution >= 0.6 is 0 Å². The van der Waals surface area contributed by atoms with E-state index in [1.54, 1.807) is 18.7 Å². The van der Waals surface area contributed by atoms with Crippen molar-refractivity contribution < 1.29 is 28.7 Å². The topological polar surface area (TPSA) is 126 Å². The predicted octanol–water partition coefficient (Wildman–Crippen LogP) is 0.959. The van der Waals surface area contributed by atoms with E-state index in [0.29, 0.717) is 36.5 Å². The van der Waals surface area contributed by atoms with Crippen LogP contribution in [0.5, 0.6) is 0 Å². The highest BCUT2D eigenvalue weighted by Gasteiger charge is 2.40. The standard InChI is InChI=1S/C19H30N4O6/c1-4-20-17(25)7-14-5-6-15-16(28-14)10-27-9-13(24)8-23(15)19(26)21-18-11(2)22-29-12(18)3/h13-16,24H,4-10H2,1-3H3,(H,20,25)(H,21,26)/t13-,14-,15-,16+/m1/s1. The molecule has 0 aliphatic carbocycles. The predicted molar refractivity (Wildman–Crippen MR) is 104 cm³/mol. The van der Waals surface area contributed by atoms with Gasteiger partial charge in [-0.05, 0) is 33.6 Å². The van der Waals surface area contributed by atoms with Crippen molar-refractivity contribution in [2.24, 2.45) is 0 Å². The van der Waals surface area contributed by atoms with Gasteiger partial charge in [0, 0.05) is 6.54 Å². The number of β-amino-alcohol motifs (C(OH)–C–C–N with tert-alkyl or cyclic N) is 1. The van der Waals surface area contributed by atoms with E-state index in [1.807, 2.05) is 6.92 Å². The number of nitrogens with zero attached hydrogens (tertiary/aromatic N) is 2. The maximum absolute atomic E-state index is 13.1. The number of hydrogen-bond acceptors (Lipinski definition) is 7. The molecule has 2 fully saturated rings. The molecular weight excluding hydrogens is 380 g/mol. The molecule has 0 radical (unpaired) electrons. The lowest BCUT2D eigenvalue weighted by Crippen LogP contribution is -2.58. The van der Waals surface area contributed by atoms with Gasteiger partial charge < -0.3 is 34.6 Å². The summed E-state index contributed by atoms with van der Waals surface area (Å²) in [6, 6.07) is -0.614. The minimum absolute atomic E-state index is 0.0499. The molecule has 2 aliphatic heterocycles. The van der Waals surface area contributed by atoms with Gasteiger partial charge in [0.2, 0.25) is 5.91 Å². The normalized spacial score (nSPS) is 27.5. The summed E-state index contributed by atoms with van der Waals surface area (Å²) in [6.07, 6.45) is 0.197. The largest absolute Gasteiger partial charge is 0.389 e. The lowest BCUT2D eigenvalue weighted by atomic mass is 9.95. The van der Waals surface area contributed by atoms with E-state index in [-0.39, 0.29) is 56.4 Å². The van der Waals surface area contributed by atoms with Gasteiger partial charge in [0.15, 0.2) is 5.76 Å². The third-order valence-electron chi connectivity index (χ3n) is 5.29. The third-order valence-corrected chi connectivity index (χ3v) is 5.29. The van der Waals surface area contributed by atoms with Crippen LogP contribution in [0.3, 0.4) is 0 Å². The average Bonchev–Trinajstić information content (AvgIpc) is 2.97. The molecule has 1 aromatic heterocycles. The summed E-state index contributed by atoms with van der Waals surface area (Å²) < 4.78 is 16.8. The van der Waals surface area contributed by atoms with E-state index < -0.39 is 6.10 Å². The molecule has 0 aromatic carbocycles. The maximum Gasteiger partial charge on any atom is 0.322 e. The van der Waals surface area contributed by atoms with E-state index in [9.17, 15) is 14.7 Å². The minimum atomic E-state index is -0.792. The van der Waals surface area contributed by atoms with Gasteiger partial charge in [-0.2, -0.15) is 0 Å². The minimum Gasteiger partial charge on any atom is -0.389 e. The summed E-state index contributed by atoms with van der Waals surface area (Å²) in [5.41, 5.74) is 1.12. The Kier molecular flexibility index (Phi) is 7.09. The molecule has 10 nitrogen and oxygen atoms in total. The first-order valence-electron chi connectivity index (χ1n) is 10.1. The first-order valence-corrected chi connectivity index (χ1v) is 10.1. The van der Waals surface area contributed by atoms with Gasteiger partial charge in [0.05, 0.1) is 44.4 Å². The van der Waals surface area contributed by atoms with Crippen LogP contribution in [0.2, 0.25) is 0 Å². The molecule has 4 atom stereocenters. The van der Waals surface area contributed by atoms with Crippen molar-refractivity contribution in [3.8, 4) is 0 Å². The molecule has 162 valence electrons. The number of aryl methyl sites for hydroxylation is 2. The monoisotopic (exact) mass is 410 g/mol. The molecule has 1 aromatic rings. The average molecular weight is 410 g/mol. The van der Waals surface area contributed by atoms with Crippen molar-refractivity contribution in [1.82, 2.24) is 15.4 Å². The molecule has 10 heteroatoms. The summed E-state index contributed by atoms with van der Waals surface area (Å²) >= 11 is 0. The van der Waals surface area contributed by atoms with Crippen molar-refractivity contribution in [3.05, 3.63) is 11.5 Å². The van der Waals surface area contributed by atoms with Crippen LogP contribution in [0.1, 0.15) is 37.6 Å². The smallest absolute Gasteiger partial charge is 0.322 e. The molecule has 2 aliphatic rings. The highest BCUT2D eigenvalue weighted by atomic mass is 16.5. The summed E-state index contributed by atoms with van der Waals surface area (Å²) in [5, 5.41) is 19.7. The lowest BCUT2D eigenvalue weighted by molar-refractivity contribution is -0.149. The van der Waals surface area contributed by atoms with Crippen LogP contribution < -0.4 is 10.6 Å². The zero-order valence-corrected chi connectivity index (χ0v) is 17.1. The highest BCUT2D eigenvalue weighted by Crippen LogP contribution is 2.29. The van der Waals surface area contributed by atoms with Gasteiger partial charge in [0.1, 0.15) is 17.5 Å². The van der Waals surface area contributed by atoms with Gasteiger partial charge in [-0.1, -0.05) is 5.16 Å². The molecule has 3 amide bonds. The van der Waals surface area contributed by atoms with Crippen molar-refractivity contribution in [3.63, 3.8) is 0 Å². The summed E-state index contributed by atoms with van der Waals surface area (Å²) in [6.45, 7) is 6.42. The molecule has 3 rings (SSSR count). The number of hydrogen-bond donors (Lipinski definition) is 3. The number of urea groups is 1. The van der Waals surface area contributed by atoms with E-state index >= 15 is 0 Å². The quantitative estimate of drug-likeness (QED) is 0.675. The van der Waals surface area contributed by atoms with Crippen molar-refractivity contribution >= 4 is 17.6 Å². The fourth-order valence-electron chi connectivity index (χ4n) is 3.89. The van der Waals surface area contributed by atoms with Crippen molar-refractivity contribution in [1.29, 1.82) is 0 Å². The Hall–Kier alpha value is -2.17. The second-order valence-corrected chi connectivity index (χ2v) is 7.57. The number of amides is 3. The van der Waals surface area contributed by atoms with Crippen molar-refractivity contribution in [2.45, 2.75) is 64.4 Å². The fraction of sp³-hybridized carbons (Fsp3) is 0.737. The number of aliphatic hydroxyl groups excluding tert-OH is 1. The molecule has 3 N–H and O–H groups in total. The Balaban J connectivity index is 1.72. The summed E-state index contributed by atoms with van der Waals surface area (Å²) in [5.74, 6) is 0.469. The Morgan fingerprint density at radius 1 is 1.28 bits per heavy atom. The fourth-order valence-corrected chi connectivity index (χ4v) is 3.89. The summed E-state index contributed by atoms with van der Waals surface area (Å²) in [7, 11) is 0. The first kappa shape index (κ1) is 21.5. The van der Waals surface area contributed by atoms with E-state index in [1.165, 1.54) is 0 Å². The number of nitrogens with one attached hydrogen (secondary N) is 2. The molecule has 0 spiro atoms. The highest BCUT2D eigenvalue weighted by molar-refractivity contribution is 5.90. The number of fused-ring (bicyclic) bond motifs is 1. The Labute approximate surface area is 169 Å². The van der Waals surface area contributed by atoms with Crippen LogP contribution in [0.15, 0.2) is 4.52 Å². The van der Waals surface area contributed by atoms with Crippen LogP contribution in [0, 0.1) is 13.8 Å². The number of aliphatic hydroxyl groups is 1. The summed E-state index contributed by atoms with van der Waals surface area (Å²) in [4.78, 5) is 26.6. The number of aromatic nitrogens is 1. The molecule has 2 saturated heterocycles. The second-order valence-electron chi connectivity index (χ2n) is 7.57. The number of carbonyl (C=O) groups excluding carboxylic acids is 2. The SMILES string of the molecule is CCNC(=O)C[C@H]1CC[C@@H]2[C@H](COC[C@H](O)CN2C(=O)Nc2c(C)noc2C)O1. The third kappa shape index (κ3) is 5.26. The number of ether oxygens (including phenoxy) is 2. The van der Waals surface area contributed by atoms with Gasteiger partial charge in [-0.3, -0.25) is 4.79 Å². The molecule has 29 heavy (non-hydrogen) atoms. The number of rotatable bonds is 4. The van der Waals surface area contributed by atoms with Crippen LogP contribution in [-0.2, 0) is 14.3 Å². The van der Waals surface area contributed by atoms with E-state index in [2.05, 4.69) is 15.8 Å². The Morgan fingerprint density at radius 3 is 2.76 bits per heavy atom. The van der Waals surface area contributed by atoms with Gasteiger partial charge in [0.25, 0.3) is 0 Å². The van der Waals surface area contributed by atoms with E-state index in [4.69, 9.17) is 14.0 Å².